The molecular weight excluding hydrogens is 403 g/mol. The summed E-state index contributed by atoms with van der Waals surface area (Å²) >= 11 is 1.38. The molecule has 0 radical (unpaired) electrons. The number of ether oxygens (including phenoxy) is 1. The highest BCUT2D eigenvalue weighted by atomic mass is 32.1. The van der Waals surface area contributed by atoms with E-state index in [2.05, 4.69) is 16.6 Å². The summed E-state index contributed by atoms with van der Waals surface area (Å²) in [6.07, 6.45) is -2.67. The Kier molecular flexibility index (Phi) is 5.44. The van der Waals surface area contributed by atoms with Crippen molar-refractivity contribution < 1.29 is 22.7 Å². The minimum absolute atomic E-state index is 0.00882. The second-order valence-electron chi connectivity index (χ2n) is 6.83. The zero-order valence-corrected chi connectivity index (χ0v) is 16.7. The molecule has 1 aromatic carbocycles. The number of benzene rings is 1. The van der Waals surface area contributed by atoms with Gasteiger partial charge in [-0.15, -0.1) is 31.1 Å². The number of hydrogen-bond donors (Lipinski definition) is 2. The Bertz CT molecular complexity index is 956. The van der Waals surface area contributed by atoms with E-state index in [1.807, 2.05) is 11.4 Å². The summed E-state index contributed by atoms with van der Waals surface area (Å²) in [6.45, 7) is 5.58. The molecule has 2 aromatic rings. The highest BCUT2D eigenvalue weighted by Gasteiger charge is 2.48. The number of hydrogen-bond acceptors (Lipinski definition) is 4. The van der Waals surface area contributed by atoms with Gasteiger partial charge < -0.3 is 10.1 Å². The van der Waals surface area contributed by atoms with Crippen LogP contribution < -0.4 is 10.1 Å². The van der Waals surface area contributed by atoms with Crippen molar-refractivity contribution in [1.82, 2.24) is 10.2 Å². The van der Waals surface area contributed by atoms with Crippen LogP contribution in [0.5, 0.6) is 5.75 Å². The van der Waals surface area contributed by atoms with Crippen molar-refractivity contribution in [3.8, 4) is 16.9 Å². The highest BCUT2D eigenvalue weighted by molar-refractivity contribution is 7.10. The van der Waals surface area contributed by atoms with Gasteiger partial charge in [-0.25, -0.2) is 0 Å². The maximum Gasteiger partial charge on any atom is 0.573 e. The van der Waals surface area contributed by atoms with Gasteiger partial charge in [-0.2, -0.15) is 0 Å². The Morgan fingerprint density at radius 1 is 1.38 bits per heavy atom. The van der Waals surface area contributed by atoms with Gasteiger partial charge in [0, 0.05) is 11.9 Å². The average Bonchev–Trinajstić information content (AvgIpc) is 3.14. The summed E-state index contributed by atoms with van der Waals surface area (Å²) in [4.78, 5) is 14.7. The monoisotopic (exact) mass is 423 g/mol. The van der Waals surface area contributed by atoms with E-state index in [0.717, 1.165) is 4.88 Å². The van der Waals surface area contributed by atoms with Gasteiger partial charge in [0.1, 0.15) is 5.75 Å². The van der Waals surface area contributed by atoms with E-state index < -0.39 is 17.8 Å². The van der Waals surface area contributed by atoms with Gasteiger partial charge in [0.25, 0.3) is 0 Å². The van der Waals surface area contributed by atoms with Gasteiger partial charge in [-0.05, 0) is 41.1 Å². The minimum Gasteiger partial charge on any atom is -0.406 e. The van der Waals surface area contributed by atoms with E-state index in [-0.39, 0.29) is 17.6 Å². The number of halogens is 3. The molecule has 5 nitrogen and oxygen atoms in total. The Balaban J connectivity index is 1.99. The Hall–Kier alpha value is -2.81. The third kappa shape index (κ3) is 4.00. The van der Waals surface area contributed by atoms with Crippen molar-refractivity contribution in [2.24, 2.45) is 5.92 Å². The first-order chi connectivity index (χ1) is 13.6. The first-order valence-electron chi connectivity index (χ1n) is 8.78. The highest BCUT2D eigenvalue weighted by Crippen LogP contribution is 2.42. The first-order valence-corrected chi connectivity index (χ1v) is 9.66. The lowest BCUT2D eigenvalue weighted by Crippen LogP contribution is -2.63. The number of carbonyl (C=O) groups excluding carboxylic acids is 1. The van der Waals surface area contributed by atoms with Gasteiger partial charge in [-0.1, -0.05) is 25.1 Å². The Morgan fingerprint density at radius 2 is 2.10 bits per heavy atom. The van der Waals surface area contributed by atoms with E-state index in [1.165, 1.54) is 41.5 Å². The second kappa shape index (κ2) is 7.55. The number of nitrogens with zero attached hydrogens (tertiary/aromatic N) is 1. The van der Waals surface area contributed by atoms with Crippen LogP contribution in [-0.4, -0.2) is 30.2 Å². The molecule has 2 heterocycles. The maximum absolute atomic E-state index is 12.6. The van der Waals surface area contributed by atoms with Crippen LogP contribution in [0, 0.1) is 11.3 Å². The number of thiophene rings is 1. The molecule has 1 aliphatic rings. The molecule has 1 fully saturated rings. The molecule has 2 N–H and O–H groups in total. The zero-order valence-electron chi connectivity index (χ0n) is 15.8. The van der Waals surface area contributed by atoms with Gasteiger partial charge in [0.05, 0.1) is 11.5 Å². The van der Waals surface area contributed by atoms with Crippen molar-refractivity contribution in [2.45, 2.75) is 25.2 Å². The van der Waals surface area contributed by atoms with Crippen molar-refractivity contribution in [3.05, 3.63) is 53.2 Å². The van der Waals surface area contributed by atoms with Crippen molar-refractivity contribution in [3.63, 3.8) is 0 Å². The minimum atomic E-state index is -4.76. The lowest BCUT2D eigenvalue weighted by atomic mass is 9.78. The smallest absolute Gasteiger partial charge is 0.406 e. The summed E-state index contributed by atoms with van der Waals surface area (Å²) in [5.41, 5.74) is 0.420. The molecule has 2 atom stereocenters. The predicted octanol–water partition coefficient (Wildman–Crippen LogP) is 4.72. The van der Waals surface area contributed by atoms with E-state index in [0.29, 0.717) is 17.5 Å². The molecule has 9 heteroatoms. The topological polar surface area (TPSA) is 65.4 Å². The van der Waals surface area contributed by atoms with Gasteiger partial charge in [0.15, 0.2) is 5.96 Å². The molecule has 1 aliphatic heterocycles. The van der Waals surface area contributed by atoms with Crippen molar-refractivity contribution in [2.75, 3.05) is 7.05 Å². The number of amides is 1. The van der Waals surface area contributed by atoms with Crippen LogP contribution >= 0.6 is 11.3 Å². The molecule has 1 amide bonds. The Morgan fingerprint density at radius 3 is 2.76 bits per heavy atom. The van der Waals surface area contributed by atoms with E-state index in [4.69, 9.17) is 5.41 Å². The molecule has 0 saturated carbocycles. The molecule has 0 aliphatic carbocycles. The predicted molar refractivity (Wildman–Crippen MR) is 106 cm³/mol. The lowest BCUT2D eigenvalue weighted by Gasteiger charge is -2.45. The summed E-state index contributed by atoms with van der Waals surface area (Å²) in [6, 6.07) is 7.56. The van der Waals surface area contributed by atoms with E-state index in [9.17, 15) is 18.0 Å². The van der Waals surface area contributed by atoms with E-state index >= 15 is 0 Å². The van der Waals surface area contributed by atoms with Gasteiger partial charge in [-0.3, -0.25) is 15.1 Å². The molecule has 0 spiro atoms. The molecular formula is C20H20F3N3O2S. The summed E-state index contributed by atoms with van der Waals surface area (Å²) in [5.74, 6) is -0.964. The van der Waals surface area contributed by atoms with Crippen molar-refractivity contribution in [1.29, 1.82) is 5.41 Å². The number of carbonyl (C=O) groups is 1. The van der Waals surface area contributed by atoms with Crippen LogP contribution in [0.25, 0.3) is 11.1 Å². The van der Waals surface area contributed by atoms with Gasteiger partial charge >= 0.3 is 6.36 Å². The summed E-state index contributed by atoms with van der Waals surface area (Å²) in [7, 11) is 1.54. The average molecular weight is 423 g/mol. The fourth-order valence-corrected chi connectivity index (χ4v) is 4.61. The molecule has 1 aromatic heterocycles. The van der Waals surface area contributed by atoms with Crippen molar-refractivity contribution >= 4 is 23.2 Å². The second-order valence-corrected chi connectivity index (χ2v) is 7.74. The maximum atomic E-state index is 12.6. The van der Waals surface area contributed by atoms with Crippen LogP contribution in [0.2, 0.25) is 0 Å². The molecule has 3 rings (SSSR count). The number of guanidine groups is 1. The van der Waals surface area contributed by atoms with E-state index in [1.54, 1.807) is 19.1 Å². The standard InChI is InChI=1S/C20H20F3N3O2S/c1-4-8-19(12(2)17(27)26(3)18(24)25-19)16-10-14(11-29-16)13-6-5-7-15(9-13)28-20(21,22)23/h4-7,9-12H,1,8H2,2-3H3,(H2,24,25)/t12-,19-/m0/s1. The Labute approximate surface area is 170 Å². The normalized spacial score (nSPS) is 22.4. The van der Waals surface area contributed by atoms with Crippen LogP contribution in [0.3, 0.4) is 0 Å². The lowest BCUT2D eigenvalue weighted by molar-refractivity contribution is -0.274. The molecule has 1 saturated heterocycles. The number of rotatable bonds is 5. The summed E-state index contributed by atoms with van der Waals surface area (Å²) < 4.78 is 41.5. The van der Waals surface area contributed by atoms with Crippen LogP contribution in [-0.2, 0) is 10.3 Å². The molecule has 154 valence electrons. The third-order valence-corrected chi connectivity index (χ3v) is 6.13. The largest absolute Gasteiger partial charge is 0.573 e. The number of alkyl halides is 3. The first kappa shape index (κ1) is 20.9. The quantitative estimate of drug-likeness (QED) is 0.684. The number of nitrogens with one attached hydrogen (secondary N) is 2. The zero-order chi connectivity index (χ0) is 21.4. The van der Waals surface area contributed by atoms with Crippen LogP contribution in [0.4, 0.5) is 13.2 Å². The molecule has 29 heavy (non-hydrogen) atoms. The SMILES string of the molecule is C=CC[C@]1(c2cc(-c3cccc(OC(F)(F)F)c3)cs2)NC(=N)N(C)C(=O)[C@@H]1C. The molecule has 0 unspecified atom stereocenters. The summed E-state index contributed by atoms with van der Waals surface area (Å²) in [5, 5.41) is 13.1. The molecule has 0 bridgehead atoms. The van der Waals surface area contributed by atoms with Crippen LogP contribution in [0.1, 0.15) is 18.2 Å². The van der Waals surface area contributed by atoms with Gasteiger partial charge in [0.2, 0.25) is 5.91 Å². The third-order valence-electron chi connectivity index (χ3n) is 5.02. The van der Waals surface area contributed by atoms with Crippen LogP contribution in [0.15, 0.2) is 48.4 Å². The fourth-order valence-electron chi connectivity index (χ4n) is 3.44. The fraction of sp³-hybridized carbons (Fsp3) is 0.300.